The predicted molar refractivity (Wildman–Crippen MR) is 123 cm³/mol. The van der Waals surface area contributed by atoms with Crippen LogP contribution in [0, 0.1) is 5.92 Å². The summed E-state index contributed by atoms with van der Waals surface area (Å²) in [4.78, 5) is 17.5. The zero-order chi connectivity index (χ0) is 22.6. The van der Waals surface area contributed by atoms with Gasteiger partial charge in [0.15, 0.2) is 0 Å². The maximum Gasteiger partial charge on any atom is 0.242 e. The first-order valence-corrected chi connectivity index (χ1v) is 12.9. The molecule has 1 heterocycles. The number of imidazole rings is 1. The van der Waals surface area contributed by atoms with Crippen molar-refractivity contribution < 1.29 is 13.2 Å². The van der Waals surface area contributed by atoms with Gasteiger partial charge < -0.3 is 9.88 Å². The molecule has 0 bridgehead atoms. The van der Waals surface area contributed by atoms with Crippen LogP contribution in [0.15, 0.2) is 23.1 Å². The lowest BCUT2D eigenvalue weighted by molar-refractivity contribution is -0.122. The molecule has 1 aliphatic rings. The summed E-state index contributed by atoms with van der Waals surface area (Å²) < 4.78 is 28.4. The number of nitrogens with zero attached hydrogens (tertiary/aromatic N) is 3. The van der Waals surface area contributed by atoms with Gasteiger partial charge in [0.1, 0.15) is 5.82 Å². The first kappa shape index (κ1) is 23.7. The molecule has 0 saturated heterocycles. The van der Waals surface area contributed by atoms with Crippen molar-refractivity contribution in [2.75, 3.05) is 14.1 Å². The Hall–Kier alpha value is -1.93. The molecule has 3 rings (SSSR count). The summed E-state index contributed by atoms with van der Waals surface area (Å²) in [5.41, 5.74) is 1.58. The van der Waals surface area contributed by atoms with Gasteiger partial charge in [-0.15, -0.1) is 0 Å². The van der Waals surface area contributed by atoms with Crippen LogP contribution < -0.4 is 5.32 Å². The van der Waals surface area contributed by atoms with Gasteiger partial charge in [0, 0.05) is 39.5 Å². The van der Waals surface area contributed by atoms with Gasteiger partial charge in [-0.2, -0.15) is 0 Å². The zero-order valence-corrected chi connectivity index (χ0v) is 20.0. The standard InChI is InChI=1S/C23H36N4O3S/c1-5-6-15-27-21-12-11-19(31(29,30)26(3)4)16-20(21)25-22(27)13-14-23(28)24-18-9-7-17(2)8-10-18/h11-12,16-18H,5-10,13-15H2,1-4H3,(H,24,28). The smallest absolute Gasteiger partial charge is 0.242 e. The van der Waals surface area contributed by atoms with E-state index in [4.69, 9.17) is 4.98 Å². The number of nitrogens with one attached hydrogen (secondary N) is 1. The molecule has 8 heteroatoms. The molecule has 0 atom stereocenters. The Balaban J connectivity index is 1.77. The fourth-order valence-corrected chi connectivity index (χ4v) is 5.14. The highest BCUT2D eigenvalue weighted by Crippen LogP contribution is 2.25. The minimum atomic E-state index is -3.52. The lowest BCUT2D eigenvalue weighted by atomic mass is 9.87. The summed E-state index contributed by atoms with van der Waals surface area (Å²) in [5, 5.41) is 3.19. The van der Waals surface area contributed by atoms with E-state index in [9.17, 15) is 13.2 Å². The minimum Gasteiger partial charge on any atom is -0.353 e. The normalized spacial score (nSPS) is 19.8. The van der Waals surface area contributed by atoms with Gasteiger partial charge in [-0.05, 0) is 56.2 Å². The average molecular weight is 449 g/mol. The van der Waals surface area contributed by atoms with Gasteiger partial charge in [0.05, 0.1) is 15.9 Å². The van der Waals surface area contributed by atoms with Crippen molar-refractivity contribution in [2.45, 2.75) is 82.7 Å². The number of hydrogen-bond acceptors (Lipinski definition) is 4. The van der Waals surface area contributed by atoms with E-state index in [1.807, 2.05) is 6.07 Å². The number of carbonyl (C=O) groups excluding carboxylic acids is 1. The van der Waals surface area contributed by atoms with E-state index in [1.54, 1.807) is 12.1 Å². The van der Waals surface area contributed by atoms with Crippen molar-refractivity contribution in [3.63, 3.8) is 0 Å². The van der Waals surface area contributed by atoms with E-state index in [1.165, 1.54) is 31.2 Å². The fraction of sp³-hybridized carbons (Fsp3) is 0.652. The Morgan fingerprint density at radius 1 is 1.23 bits per heavy atom. The van der Waals surface area contributed by atoms with Crippen LogP contribution in [0.1, 0.15) is 64.6 Å². The number of unbranched alkanes of at least 4 members (excludes halogenated alkanes) is 1. The van der Waals surface area contributed by atoms with Crippen molar-refractivity contribution in [2.24, 2.45) is 5.92 Å². The van der Waals surface area contributed by atoms with E-state index in [2.05, 4.69) is 23.7 Å². The van der Waals surface area contributed by atoms with Crippen LogP contribution in [0.5, 0.6) is 0 Å². The summed E-state index contributed by atoms with van der Waals surface area (Å²) >= 11 is 0. The lowest BCUT2D eigenvalue weighted by Gasteiger charge is -2.26. The number of benzene rings is 1. The van der Waals surface area contributed by atoms with Gasteiger partial charge in [0.2, 0.25) is 15.9 Å². The second kappa shape index (κ2) is 10.1. The summed E-state index contributed by atoms with van der Waals surface area (Å²) in [6.45, 7) is 5.22. The Labute approximate surface area is 186 Å². The Morgan fingerprint density at radius 3 is 2.58 bits per heavy atom. The topological polar surface area (TPSA) is 84.3 Å². The highest BCUT2D eigenvalue weighted by Gasteiger charge is 2.22. The molecule has 1 aliphatic carbocycles. The van der Waals surface area contributed by atoms with Crippen molar-refractivity contribution in [3.8, 4) is 0 Å². The number of aromatic nitrogens is 2. The molecule has 31 heavy (non-hydrogen) atoms. The Bertz CT molecular complexity index is 1010. The number of aryl methyl sites for hydroxylation is 2. The molecule has 0 radical (unpaired) electrons. The number of amides is 1. The number of fused-ring (bicyclic) bond motifs is 1. The molecule has 0 aliphatic heterocycles. The highest BCUT2D eigenvalue weighted by molar-refractivity contribution is 7.89. The van der Waals surface area contributed by atoms with Gasteiger partial charge in [-0.1, -0.05) is 20.3 Å². The van der Waals surface area contributed by atoms with Gasteiger partial charge in [0.25, 0.3) is 0 Å². The molecule has 0 spiro atoms. The van der Waals surface area contributed by atoms with Crippen molar-refractivity contribution in [1.82, 2.24) is 19.2 Å². The van der Waals surface area contributed by atoms with E-state index in [-0.39, 0.29) is 10.8 Å². The third-order valence-electron chi connectivity index (χ3n) is 6.27. The number of carbonyl (C=O) groups is 1. The summed E-state index contributed by atoms with van der Waals surface area (Å²) in [6, 6.07) is 5.41. The monoisotopic (exact) mass is 448 g/mol. The molecule has 1 fully saturated rings. The van der Waals surface area contributed by atoms with Crippen LogP contribution in [0.2, 0.25) is 0 Å². The van der Waals surface area contributed by atoms with E-state index in [0.717, 1.165) is 49.5 Å². The molecule has 1 aromatic carbocycles. The minimum absolute atomic E-state index is 0.0736. The van der Waals surface area contributed by atoms with Gasteiger partial charge >= 0.3 is 0 Å². The van der Waals surface area contributed by atoms with Gasteiger partial charge in [-0.3, -0.25) is 4.79 Å². The molecule has 1 N–H and O–H groups in total. The molecule has 172 valence electrons. The summed E-state index contributed by atoms with van der Waals surface area (Å²) in [6.07, 6.45) is 7.46. The van der Waals surface area contributed by atoms with Crippen molar-refractivity contribution in [1.29, 1.82) is 0 Å². The highest BCUT2D eigenvalue weighted by atomic mass is 32.2. The molecule has 7 nitrogen and oxygen atoms in total. The van der Waals surface area contributed by atoms with Crippen LogP contribution in [-0.4, -0.2) is 48.3 Å². The van der Waals surface area contributed by atoms with Crippen LogP contribution in [0.4, 0.5) is 0 Å². The van der Waals surface area contributed by atoms with E-state index < -0.39 is 10.0 Å². The first-order chi connectivity index (χ1) is 14.7. The van der Waals surface area contributed by atoms with Crippen LogP contribution in [0.3, 0.4) is 0 Å². The quantitative estimate of drug-likeness (QED) is 0.634. The second-order valence-corrected chi connectivity index (χ2v) is 11.1. The van der Waals surface area contributed by atoms with Crippen LogP contribution >= 0.6 is 0 Å². The first-order valence-electron chi connectivity index (χ1n) is 11.4. The average Bonchev–Trinajstić information content (AvgIpc) is 3.09. The number of rotatable bonds is 9. The number of hydrogen-bond donors (Lipinski definition) is 1. The summed E-state index contributed by atoms with van der Waals surface area (Å²) in [5.74, 6) is 1.67. The Morgan fingerprint density at radius 2 is 1.94 bits per heavy atom. The molecule has 1 saturated carbocycles. The molecular formula is C23H36N4O3S. The van der Waals surface area contributed by atoms with Crippen molar-refractivity contribution >= 4 is 27.0 Å². The maximum atomic E-state index is 12.5. The fourth-order valence-electron chi connectivity index (χ4n) is 4.22. The van der Waals surface area contributed by atoms with E-state index in [0.29, 0.717) is 24.4 Å². The van der Waals surface area contributed by atoms with Crippen LogP contribution in [0.25, 0.3) is 11.0 Å². The Kier molecular flexibility index (Phi) is 7.75. The third-order valence-corrected chi connectivity index (χ3v) is 8.08. The predicted octanol–water partition coefficient (Wildman–Crippen LogP) is 3.71. The molecular weight excluding hydrogens is 412 g/mol. The molecule has 0 unspecified atom stereocenters. The van der Waals surface area contributed by atoms with Gasteiger partial charge in [-0.25, -0.2) is 17.7 Å². The largest absolute Gasteiger partial charge is 0.353 e. The third kappa shape index (κ3) is 5.66. The molecule has 1 aromatic heterocycles. The van der Waals surface area contributed by atoms with Crippen LogP contribution in [-0.2, 0) is 27.8 Å². The summed E-state index contributed by atoms with van der Waals surface area (Å²) in [7, 11) is -0.467. The second-order valence-electron chi connectivity index (χ2n) is 9.00. The lowest BCUT2D eigenvalue weighted by Crippen LogP contribution is -2.37. The number of sulfonamides is 1. The molecule has 1 amide bonds. The SMILES string of the molecule is CCCCn1c(CCC(=O)NC2CCC(C)CC2)nc2cc(S(=O)(=O)N(C)C)ccc21. The zero-order valence-electron chi connectivity index (χ0n) is 19.2. The van der Waals surface area contributed by atoms with Crippen molar-refractivity contribution in [3.05, 3.63) is 24.0 Å². The maximum absolute atomic E-state index is 12.5. The van der Waals surface area contributed by atoms with E-state index >= 15 is 0 Å². The molecule has 2 aromatic rings.